The SMILES string of the molecule is COc1cccc(F)c1-c1ncc2[nH]nc(-c3ccc(N4CCN(CC(=O)NCCNc5ccc6c(c5)C(=O)N(C5CCC(=O)NC5=O)C6=O)CC4)cc3)c2n1. The summed E-state index contributed by atoms with van der Waals surface area (Å²) in [5.74, 6) is -2.27. The van der Waals surface area contributed by atoms with Gasteiger partial charge in [0.1, 0.15) is 34.3 Å². The van der Waals surface area contributed by atoms with Crippen molar-refractivity contribution in [3.8, 4) is 28.4 Å². The molecular weight excluding hydrogens is 723 g/mol. The highest BCUT2D eigenvalue weighted by Crippen LogP contribution is 2.33. The van der Waals surface area contributed by atoms with Crippen LogP contribution in [-0.2, 0) is 14.4 Å². The summed E-state index contributed by atoms with van der Waals surface area (Å²) in [5.41, 5.74) is 4.84. The smallest absolute Gasteiger partial charge is 0.262 e. The van der Waals surface area contributed by atoms with E-state index in [2.05, 4.69) is 45.9 Å². The third kappa shape index (κ3) is 6.99. The summed E-state index contributed by atoms with van der Waals surface area (Å²) in [5, 5.41) is 15.7. The van der Waals surface area contributed by atoms with Crippen molar-refractivity contribution in [2.75, 3.05) is 63.1 Å². The minimum absolute atomic E-state index is 0.0527. The summed E-state index contributed by atoms with van der Waals surface area (Å²) in [6.07, 6.45) is 1.72. The van der Waals surface area contributed by atoms with E-state index in [4.69, 9.17) is 4.74 Å². The maximum absolute atomic E-state index is 14.8. The Morgan fingerprint density at radius 2 is 1.75 bits per heavy atom. The van der Waals surface area contributed by atoms with Gasteiger partial charge in [0.05, 0.1) is 36.5 Å². The van der Waals surface area contributed by atoms with Crippen LogP contribution < -0.4 is 25.6 Å². The number of fused-ring (bicyclic) bond motifs is 2. The number of nitrogens with zero attached hydrogens (tertiary/aromatic N) is 6. The molecule has 1 unspecified atom stereocenters. The molecule has 286 valence electrons. The summed E-state index contributed by atoms with van der Waals surface area (Å²) in [6, 6.07) is 16.3. The van der Waals surface area contributed by atoms with Crippen LogP contribution in [0.15, 0.2) is 66.9 Å². The number of hydrogen-bond donors (Lipinski definition) is 4. The van der Waals surface area contributed by atoms with Gasteiger partial charge in [-0.1, -0.05) is 18.2 Å². The zero-order valence-electron chi connectivity index (χ0n) is 30.3. The average Bonchev–Trinajstić information content (AvgIpc) is 3.74. The lowest BCUT2D eigenvalue weighted by Gasteiger charge is -2.35. The second-order valence-corrected chi connectivity index (χ2v) is 13.6. The third-order valence-corrected chi connectivity index (χ3v) is 10.2. The number of carbonyl (C=O) groups is 5. The number of amides is 5. The van der Waals surface area contributed by atoms with Crippen molar-refractivity contribution < 1.29 is 33.1 Å². The zero-order valence-corrected chi connectivity index (χ0v) is 30.3. The first-order valence-corrected chi connectivity index (χ1v) is 18.2. The topological polar surface area (TPSA) is 195 Å². The van der Waals surface area contributed by atoms with Gasteiger partial charge in [0.2, 0.25) is 17.7 Å². The lowest BCUT2D eigenvalue weighted by Crippen LogP contribution is -2.54. The number of nitrogens with one attached hydrogen (secondary N) is 4. The Labute approximate surface area is 319 Å². The maximum atomic E-state index is 14.8. The Kier molecular flexibility index (Phi) is 9.82. The van der Waals surface area contributed by atoms with Crippen LogP contribution in [0.25, 0.3) is 33.7 Å². The van der Waals surface area contributed by atoms with E-state index in [0.717, 1.165) is 29.2 Å². The summed E-state index contributed by atoms with van der Waals surface area (Å²) >= 11 is 0. The fourth-order valence-electron chi connectivity index (χ4n) is 7.27. The first-order valence-electron chi connectivity index (χ1n) is 18.2. The van der Waals surface area contributed by atoms with Crippen molar-refractivity contribution in [3.05, 3.63) is 83.8 Å². The van der Waals surface area contributed by atoms with E-state index in [1.807, 2.05) is 24.3 Å². The molecule has 3 aromatic carbocycles. The zero-order chi connectivity index (χ0) is 38.9. The molecule has 0 spiro atoms. The van der Waals surface area contributed by atoms with E-state index < -0.39 is 35.5 Å². The van der Waals surface area contributed by atoms with Crippen LogP contribution >= 0.6 is 0 Å². The molecule has 1 atom stereocenters. The van der Waals surface area contributed by atoms with Crippen LogP contribution in [0, 0.1) is 5.82 Å². The maximum Gasteiger partial charge on any atom is 0.262 e. The number of aromatic nitrogens is 4. The lowest BCUT2D eigenvalue weighted by atomic mass is 10.0. The average molecular weight is 761 g/mol. The minimum atomic E-state index is -1.02. The number of halogens is 1. The molecule has 3 aliphatic heterocycles. The number of rotatable bonds is 11. The van der Waals surface area contributed by atoms with E-state index in [1.54, 1.807) is 30.5 Å². The van der Waals surface area contributed by atoms with E-state index in [-0.39, 0.29) is 47.8 Å². The van der Waals surface area contributed by atoms with Gasteiger partial charge in [0.25, 0.3) is 11.8 Å². The lowest BCUT2D eigenvalue weighted by molar-refractivity contribution is -0.136. The Morgan fingerprint density at radius 3 is 2.52 bits per heavy atom. The van der Waals surface area contributed by atoms with Crippen molar-refractivity contribution >= 4 is 51.9 Å². The molecule has 0 saturated carbocycles. The summed E-state index contributed by atoms with van der Waals surface area (Å²) < 4.78 is 20.1. The number of methoxy groups -OCH3 is 1. The number of ether oxygens (including phenoxy) is 1. The molecule has 16 nitrogen and oxygen atoms in total. The third-order valence-electron chi connectivity index (χ3n) is 10.2. The normalized spacial score (nSPS) is 17.3. The van der Waals surface area contributed by atoms with Crippen molar-refractivity contribution in [3.63, 3.8) is 0 Å². The van der Waals surface area contributed by atoms with Crippen LogP contribution in [0.3, 0.4) is 0 Å². The van der Waals surface area contributed by atoms with Gasteiger partial charge in [-0.15, -0.1) is 0 Å². The Bertz CT molecular complexity index is 2380. The van der Waals surface area contributed by atoms with Crippen molar-refractivity contribution in [1.29, 1.82) is 0 Å². The van der Waals surface area contributed by atoms with Gasteiger partial charge in [-0.25, -0.2) is 14.4 Å². The van der Waals surface area contributed by atoms with Gasteiger partial charge < -0.3 is 20.3 Å². The molecule has 2 aromatic heterocycles. The molecule has 17 heteroatoms. The second kappa shape index (κ2) is 15.2. The number of H-pyrrole nitrogens is 1. The first kappa shape index (κ1) is 36.2. The molecule has 5 heterocycles. The molecule has 2 fully saturated rings. The van der Waals surface area contributed by atoms with E-state index in [1.165, 1.54) is 19.2 Å². The molecule has 3 aliphatic rings. The van der Waals surface area contributed by atoms with Crippen LogP contribution in [-0.4, -0.2) is 118 Å². The Hall–Kier alpha value is -6.75. The molecule has 5 amide bonds. The highest BCUT2D eigenvalue weighted by molar-refractivity contribution is 6.23. The van der Waals surface area contributed by atoms with Crippen LogP contribution in [0.2, 0.25) is 0 Å². The number of piperazine rings is 1. The van der Waals surface area contributed by atoms with Gasteiger partial charge in [0.15, 0.2) is 5.82 Å². The van der Waals surface area contributed by atoms with Crippen molar-refractivity contribution in [2.24, 2.45) is 0 Å². The number of aromatic amines is 1. The van der Waals surface area contributed by atoms with E-state index >= 15 is 0 Å². The Balaban J connectivity index is 0.801. The summed E-state index contributed by atoms with van der Waals surface area (Å²) in [7, 11) is 1.47. The molecule has 56 heavy (non-hydrogen) atoms. The largest absolute Gasteiger partial charge is 0.496 e. The standard InChI is InChI=1S/C39H37FN10O6/c1-56-30-4-2-3-27(40)33(30)36-43-20-28-35(45-36)34(47-46-28)22-5-8-24(9-6-22)49-17-15-48(16-18-49)21-32(52)42-14-13-41-23-7-10-25-26(19-23)39(55)50(38(25)54)29-11-12-31(51)44-37(29)53/h2-10,19-20,29,41H,11-18,21H2,1H3,(H,42,52)(H,46,47)(H,44,51,53). The molecular formula is C39H37FN10O6. The van der Waals surface area contributed by atoms with Crippen molar-refractivity contribution in [1.82, 2.24) is 40.6 Å². The number of anilines is 2. The first-order chi connectivity index (χ1) is 27.2. The quantitative estimate of drug-likeness (QED) is 0.114. The summed E-state index contributed by atoms with van der Waals surface area (Å²) in [4.78, 5) is 76.9. The fraction of sp³-hybridized carbons (Fsp3) is 0.282. The van der Waals surface area contributed by atoms with Gasteiger partial charge in [0, 0.05) is 62.6 Å². The predicted molar refractivity (Wildman–Crippen MR) is 202 cm³/mol. The predicted octanol–water partition coefficient (Wildman–Crippen LogP) is 2.59. The molecule has 0 aliphatic carbocycles. The summed E-state index contributed by atoms with van der Waals surface area (Å²) in [6.45, 7) is 3.86. The van der Waals surface area contributed by atoms with Crippen LogP contribution in [0.5, 0.6) is 5.75 Å². The number of carbonyl (C=O) groups excluding carboxylic acids is 5. The number of imide groups is 2. The second-order valence-electron chi connectivity index (χ2n) is 13.6. The highest BCUT2D eigenvalue weighted by Gasteiger charge is 2.44. The van der Waals surface area contributed by atoms with Gasteiger partial charge in [-0.05, 0) is 48.9 Å². The van der Waals surface area contributed by atoms with Crippen LogP contribution in [0.1, 0.15) is 33.6 Å². The molecule has 8 rings (SSSR count). The highest BCUT2D eigenvalue weighted by atomic mass is 19.1. The molecule has 5 aromatic rings. The number of benzene rings is 3. The molecule has 0 radical (unpaired) electrons. The minimum Gasteiger partial charge on any atom is -0.496 e. The fourth-order valence-corrected chi connectivity index (χ4v) is 7.27. The molecule has 4 N–H and O–H groups in total. The molecule has 2 saturated heterocycles. The van der Waals surface area contributed by atoms with E-state index in [9.17, 15) is 28.4 Å². The monoisotopic (exact) mass is 760 g/mol. The molecule has 0 bridgehead atoms. The number of hydrogen-bond acceptors (Lipinski definition) is 12. The van der Waals surface area contributed by atoms with Crippen molar-refractivity contribution in [2.45, 2.75) is 18.9 Å². The van der Waals surface area contributed by atoms with Gasteiger partial charge >= 0.3 is 0 Å². The van der Waals surface area contributed by atoms with E-state index in [0.29, 0.717) is 54.3 Å². The van der Waals surface area contributed by atoms with Crippen LogP contribution in [0.4, 0.5) is 15.8 Å². The number of piperidine rings is 1. The Morgan fingerprint density at radius 1 is 0.964 bits per heavy atom. The van der Waals surface area contributed by atoms with Gasteiger partial charge in [-0.3, -0.25) is 44.2 Å². The van der Waals surface area contributed by atoms with Gasteiger partial charge in [-0.2, -0.15) is 5.10 Å².